The van der Waals surface area contributed by atoms with Gasteiger partial charge in [0.1, 0.15) is 0 Å². The minimum Gasteiger partial charge on any atom is -0.309 e. The summed E-state index contributed by atoms with van der Waals surface area (Å²) in [6, 6.07) is 16.5. The fraction of sp³-hybridized carbons (Fsp3) is 0.333. The van der Waals surface area contributed by atoms with E-state index < -0.39 is 10.8 Å². The summed E-state index contributed by atoms with van der Waals surface area (Å²) in [5, 5.41) is 3.44. The minimum atomic E-state index is -1.000. The third-order valence-corrected chi connectivity index (χ3v) is 5.13. The van der Waals surface area contributed by atoms with Gasteiger partial charge in [-0.2, -0.15) is 0 Å². The van der Waals surface area contributed by atoms with Crippen LogP contribution in [-0.2, 0) is 10.8 Å². The van der Waals surface area contributed by atoms with Crippen LogP contribution in [0.15, 0.2) is 53.4 Å². The Hall–Kier alpha value is -1.45. The molecule has 0 saturated carbocycles. The first-order valence-electron chi connectivity index (χ1n) is 7.35. The zero-order chi connectivity index (χ0) is 15.2. The van der Waals surface area contributed by atoms with E-state index in [0.717, 1.165) is 22.6 Å². The molecule has 112 valence electrons. The molecular formula is C18H23NOS. The molecule has 0 saturated heterocycles. The maximum atomic E-state index is 12.7. The van der Waals surface area contributed by atoms with Crippen LogP contribution >= 0.6 is 0 Å². The Bertz CT molecular complexity index is 610. The zero-order valence-corrected chi connectivity index (χ0v) is 13.7. The van der Waals surface area contributed by atoms with E-state index in [1.54, 1.807) is 0 Å². The Morgan fingerprint density at radius 2 is 1.81 bits per heavy atom. The second-order valence-corrected chi connectivity index (χ2v) is 6.77. The number of benzene rings is 2. The first-order chi connectivity index (χ1) is 10.1. The van der Waals surface area contributed by atoms with Crippen LogP contribution in [-0.4, -0.2) is 16.5 Å². The van der Waals surface area contributed by atoms with E-state index in [4.69, 9.17) is 0 Å². The van der Waals surface area contributed by atoms with Gasteiger partial charge in [-0.15, -0.1) is 0 Å². The SMILES string of the molecule is CCNC(CS(=O)c1cc(C)ccc1C)c1ccccc1. The molecule has 2 aromatic rings. The molecule has 3 heteroatoms. The molecule has 0 radical (unpaired) electrons. The van der Waals surface area contributed by atoms with Gasteiger partial charge in [-0.25, -0.2) is 0 Å². The van der Waals surface area contributed by atoms with Gasteiger partial charge in [0.25, 0.3) is 0 Å². The molecule has 0 spiro atoms. The van der Waals surface area contributed by atoms with E-state index in [2.05, 4.69) is 30.4 Å². The Labute approximate surface area is 130 Å². The molecule has 2 rings (SSSR count). The molecule has 1 N–H and O–H groups in total. The number of hydrogen-bond donors (Lipinski definition) is 1. The molecule has 2 atom stereocenters. The van der Waals surface area contributed by atoms with Crippen molar-refractivity contribution in [1.29, 1.82) is 0 Å². The van der Waals surface area contributed by atoms with E-state index in [1.807, 2.05) is 44.2 Å². The highest BCUT2D eigenvalue weighted by Gasteiger charge is 2.16. The first-order valence-corrected chi connectivity index (χ1v) is 8.67. The van der Waals surface area contributed by atoms with Crippen LogP contribution in [0.2, 0.25) is 0 Å². The number of rotatable bonds is 6. The molecule has 21 heavy (non-hydrogen) atoms. The molecule has 0 aliphatic rings. The standard InChI is InChI=1S/C18H23NOS/c1-4-19-17(16-8-6-5-7-9-16)13-21(20)18-12-14(2)10-11-15(18)3/h5-12,17,19H,4,13H2,1-3H3. The van der Waals surface area contributed by atoms with Crippen molar-refractivity contribution in [3.8, 4) is 0 Å². The van der Waals surface area contributed by atoms with E-state index in [1.165, 1.54) is 5.56 Å². The van der Waals surface area contributed by atoms with Crippen molar-refractivity contribution in [2.75, 3.05) is 12.3 Å². The Balaban J connectivity index is 2.20. The smallest absolute Gasteiger partial charge is 0.0551 e. The summed E-state index contributed by atoms with van der Waals surface area (Å²) >= 11 is 0. The lowest BCUT2D eigenvalue weighted by atomic mass is 10.1. The number of hydrogen-bond acceptors (Lipinski definition) is 2. The highest BCUT2D eigenvalue weighted by Crippen LogP contribution is 2.20. The van der Waals surface area contributed by atoms with Crippen molar-refractivity contribution in [3.05, 3.63) is 65.2 Å². The summed E-state index contributed by atoms with van der Waals surface area (Å²) < 4.78 is 12.7. The van der Waals surface area contributed by atoms with Gasteiger partial charge in [-0.1, -0.05) is 49.4 Å². The van der Waals surface area contributed by atoms with E-state index in [9.17, 15) is 4.21 Å². The van der Waals surface area contributed by atoms with Crippen molar-refractivity contribution < 1.29 is 4.21 Å². The molecule has 0 fully saturated rings. The largest absolute Gasteiger partial charge is 0.309 e. The lowest BCUT2D eigenvalue weighted by Crippen LogP contribution is -2.26. The van der Waals surface area contributed by atoms with Crippen LogP contribution < -0.4 is 5.32 Å². The quantitative estimate of drug-likeness (QED) is 0.880. The van der Waals surface area contributed by atoms with Crippen molar-refractivity contribution in [2.45, 2.75) is 31.7 Å². The minimum absolute atomic E-state index is 0.122. The summed E-state index contributed by atoms with van der Waals surface area (Å²) in [5.41, 5.74) is 3.45. The highest BCUT2D eigenvalue weighted by molar-refractivity contribution is 7.85. The van der Waals surface area contributed by atoms with Crippen LogP contribution in [0, 0.1) is 13.8 Å². The fourth-order valence-electron chi connectivity index (χ4n) is 2.40. The molecule has 0 amide bonds. The van der Waals surface area contributed by atoms with Crippen molar-refractivity contribution in [3.63, 3.8) is 0 Å². The monoisotopic (exact) mass is 301 g/mol. The molecule has 2 unspecified atom stereocenters. The maximum Gasteiger partial charge on any atom is 0.0551 e. The van der Waals surface area contributed by atoms with Crippen molar-refractivity contribution in [1.82, 2.24) is 5.32 Å². The molecule has 2 nitrogen and oxygen atoms in total. The average Bonchev–Trinajstić information content (AvgIpc) is 2.50. The Kier molecular flexibility index (Phi) is 5.71. The highest BCUT2D eigenvalue weighted by atomic mass is 32.2. The van der Waals surface area contributed by atoms with Gasteiger partial charge in [-0.3, -0.25) is 4.21 Å². The molecule has 0 aromatic heterocycles. The lowest BCUT2D eigenvalue weighted by molar-refractivity contribution is 0.594. The fourth-order valence-corrected chi connectivity index (χ4v) is 3.94. The summed E-state index contributed by atoms with van der Waals surface area (Å²) in [6.45, 7) is 7.01. The van der Waals surface area contributed by atoms with Gasteiger partial charge in [-0.05, 0) is 43.1 Å². The van der Waals surface area contributed by atoms with Gasteiger partial charge >= 0.3 is 0 Å². The summed E-state index contributed by atoms with van der Waals surface area (Å²) in [6.07, 6.45) is 0. The summed E-state index contributed by atoms with van der Waals surface area (Å²) in [4.78, 5) is 0.953. The second-order valence-electron chi connectivity index (χ2n) is 5.30. The van der Waals surface area contributed by atoms with Gasteiger partial charge in [0.05, 0.1) is 10.8 Å². The third kappa shape index (κ3) is 4.26. The molecular weight excluding hydrogens is 278 g/mol. The normalized spacial score (nSPS) is 13.9. The van der Waals surface area contributed by atoms with Crippen molar-refractivity contribution in [2.24, 2.45) is 0 Å². The number of aryl methyl sites for hydroxylation is 2. The van der Waals surface area contributed by atoms with E-state index in [-0.39, 0.29) is 6.04 Å². The van der Waals surface area contributed by atoms with Crippen LogP contribution in [0.25, 0.3) is 0 Å². The molecule has 0 aliphatic carbocycles. The number of nitrogens with one attached hydrogen (secondary N) is 1. The summed E-state index contributed by atoms with van der Waals surface area (Å²) in [5.74, 6) is 0.599. The lowest BCUT2D eigenvalue weighted by Gasteiger charge is -2.18. The van der Waals surface area contributed by atoms with Crippen LogP contribution in [0.1, 0.15) is 29.7 Å². The summed E-state index contributed by atoms with van der Waals surface area (Å²) in [7, 11) is -1.000. The zero-order valence-electron chi connectivity index (χ0n) is 12.9. The third-order valence-electron chi connectivity index (χ3n) is 3.56. The first kappa shape index (κ1) is 15.9. The van der Waals surface area contributed by atoms with Crippen LogP contribution in [0.4, 0.5) is 0 Å². The van der Waals surface area contributed by atoms with Crippen LogP contribution in [0.5, 0.6) is 0 Å². The predicted octanol–water partition coefficient (Wildman–Crippen LogP) is 3.76. The van der Waals surface area contributed by atoms with Gasteiger partial charge in [0, 0.05) is 16.7 Å². The predicted molar refractivity (Wildman–Crippen MR) is 90.1 cm³/mol. The molecule has 2 aromatic carbocycles. The topological polar surface area (TPSA) is 29.1 Å². The Morgan fingerprint density at radius 1 is 1.10 bits per heavy atom. The van der Waals surface area contributed by atoms with Gasteiger partial charge in [0.15, 0.2) is 0 Å². The molecule has 0 heterocycles. The Morgan fingerprint density at radius 3 is 2.48 bits per heavy atom. The van der Waals surface area contributed by atoms with E-state index in [0.29, 0.717) is 5.75 Å². The van der Waals surface area contributed by atoms with E-state index >= 15 is 0 Å². The molecule has 0 bridgehead atoms. The second kappa shape index (κ2) is 7.53. The van der Waals surface area contributed by atoms with Gasteiger partial charge < -0.3 is 5.32 Å². The van der Waals surface area contributed by atoms with Crippen molar-refractivity contribution >= 4 is 10.8 Å². The molecule has 0 aliphatic heterocycles. The van der Waals surface area contributed by atoms with Gasteiger partial charge in [0.2, 0.25) is 0 Å². The maximum absolute atomic E-state index is 12.7. The average molecular weight is 301 g/mol. The van der Waals surface area contributed by atoms with Crippen LogP contribution in [0.3, 0.4) is 0 Å².